The molecule has 382 valence electrons. The van der Waals surface area contributed by atoms with Crippen molar-refractivity contribution in [3.63, 3.8) is 0 Å². The summed E-state index contributed by atoms with van der Waals surface area (Å²) in [7, 11) is 0. The van der Waals surface area contributed by atoms with E-state index in [1.165, 1.54) is 154 Å². The van der Waals surface area contributed by atoms with Gasteiger partial charge < -0.3 is 14.2 Å². The average molecular weight is 924 g/mol. The van der Waals surface area contributed by atoms with Gasteiger partial charge in [0, 0.05) is 19.3 Å². The molecule has 66 heavy (non-hydrogen) atoms. The highest BCUT2D eigenvalue weighted by atomic mass is 16.6. The molecular weight excluding hydrogens is 817 g/mol. The quantitative estimate of drug-likeness (QED) is 0.0262. The lowest BCUT2D eigenvalue weighted by Crippen LogP contribution is -2.30. The van der Waals surface area contributed by atoms with Gasteiger partial charge in [-0.1, -0.05) is 223 Å². The molecule has 0 saturated heterocycles. The molecule has 0 aliphatic rings. The van der Waals surface area contributed by atoms with Crippen LogP contribution >= 0.6 is 0 Å². The Labute approximate surface area is 409 Å². The van der Waals surface area contributed by atoms with Gasteiger partial charge in [-0.25, -0.2) is 0 Å². The Morgan fingerprint density at radius 2 is 0.561 bits per heavy atom. The normalized spacial score (nSPS) is 12.5. The molecule has 0 unspecified atom stereocenters. The lowest BCUT2D eigenvalue weighted by molar-refractivity contribution is -0.167. The van der Waals surface area contributed by atoms with E-state index in [0.29, 0.717) is 19.3 Å². The number of unbranched alkanes of at least 4 members (excludes halogenated alkanes) is 30. The largest absolute Gasteiger partial charge is 0.462 e. The van der Waals surface area contributed by atoms with E-state index in [1.807, 2.05) is 0 Å². The molecule has 0 amide bonds. The van der Waals surface area contributed by atoms with Gasteiger partial charge in [0.05, 0.1) is 0 Å². The van der Waals surface area contributed by atoms with Crippen molar-refractivity contribution in [1.82, 2.24) is 0 Å². The third-order valence-electron chi connectivity index (χ3n) is 12.2. The first-order valence-corrected chi connectivity index (χ1v) is 28.3. The molecular formula is C60H106O6. The van der Waals surface area contributed by atoms with E-state index in [-0.39, 0.29) is 31.1 Å². The zero-order valence-electron chi connectivity index (χ0n) is 43.7. The number of hydrogen-bond donors (Lipinski definition) is 0. The lowest BCUT2D eigenvalue weighted by Gasteiger charge is -2.18. The summed E-state index contributed by atoms with van der Waals surface area (Å²) >= 11 is 0. The molecule has 0 fully saturated rings. The Kier molecular flexibility index (Phi) is 52.3. The molecule has 0 rings (SSSR count). The van der Waals surface area contributed by atoms with Gasteiger partial charge in [-0.15, -0.1) is 0 Å². The van der Waals surface area contributed by atoms with Crippen LogP contribution in [0.4, 0.5) is 0 Å². The molecule has 0 saturated carbocycles. The van der Waals surface area contributed by atoms with Crippen LogP contribution < -0.4 is 0 Å². The molecule has 6 nitrogen and oxygen atoms in total. The summed E-state index contributed by atoms with van der Waals surface area (Å²) in [5, 5.41) is 0. The number of hydrogen-bond acceptors (Lipinski definition) is 6. The summed E-state index contributed by atoms with van der Waals surface area (Å²) in [6.45, 7) is 6.57. The minimum atomic E-state index is -0.785. The van der Waals surface area contributed by atoms with E-state index in [9.17, 15) is 14.4 Å². The van der Waals surface area contributed by atoms with Crippen LogP contribution in [-0.2, 0) is 28.6 Å². The molecule has 0 bridgehead atoms. The molecule has 0 aromatic carbocycles. The van der Waals surface area contributed by atoms with E-state index in [1.54, 1.807) is 0 Å². The van der Waals surface area contributed by atoms with Crippen LogP contribution in [0, 0.1) is 0 Å². The van der Waals surface area contributed by atoms with Gasteiger partial charge >= 0.3 is 17.9 Å². The maximum atomic E-state index is 12.8. The van der Waals surface area contributed by atoms with Crippen molar-refractivity contribution >= 4 is 17.9 Å². The van der Waals surface area contributed by atoms with Crippen LogP contribution in [0.15, 0.2) is 60.8 Å². The molecule has 1 atom stereocenters. The third kappa shape index (κ3) is 52.1. The lowest BCUT2D eigenvalue weighted by atomic mass is 10.1. The van der Waals surface area contributed by atoms with Crippen molar-refractivity contribution in [2.45, 2.75) is 290 Å². The van der Waals surface area contributed by atoms with Crippen LogP contribution in [0.5, 0.6) is 0 Å². The van der Waals surface area contributed by atoms with E-state index < -0.39 is 6.10 Å². The molecule has 0 aliphatic heterocycles. The second-order valence-electron chi connectivity index (χ2n) is 18.8. The summed E-state index contributed by atoms with van der Waals surface area (Å²) in [5.74, 6) is -0.901. The van der Waals surface area contributed by atoms with E-state index in [0.717, 1.165) is 89.9 Å². The fraction of sp³-hybridized carbons (Fsp3) is 0.783. The van der Waals surface area contributed by atoms with Gasteiger partial charge in [-0.05, 0) is 103 Å². The number of esters is 3. The van der Waals surface area contributed by atoms with Gasteiger partial charge in [-0.3, -0.25) is 14.4 Å². The van der Waals surface area contributed by atoms with Crippen molar-refractivity contribution in [1.29, 1.82) is 0 Å². The predicted molar refractivity (Wildman–Crippen MR) is 284 cm³/mol. The van der Waals surface area contributed by atoms with Crippen molar-refractivity contribution in [2.24, 2.45) is 0 Å². The van der Waals surface area contributed by atoms with Gasteiger partial charge in [0.1, 0.15) is 13.2 Å². The first-order chi connectivity index (χ1) is 32.5. The molecule has 6 heteroatoms. The Balaban J connectivity index is 4.40. The van der Waals surface area contributed by atoms with Gasteiger partial charge in [0.2, 0.25) is 0 Å². The number of rotatable bonds is 51. The van der Waals surface area contributed by atoms with Crippen molar-refractivity contribution in [3.8, 4) is 0 Å². The van der Waals surface area contributed by atoms with Crippen LogP contribution in [0.25, 0.3) is 0 Å². The number of carbonyl (C=O) groups excluding carboxylic acids is 3. The number of carbonyl (C=O) groups is 3. The first-order valence-electron chi connectivity index (χ1n) is 28.3. The molecule has 0 N–H and O–H groups in total. The van der Waals surface area contributed by atoms with E-state index in [4.69, 9.17) is 14.2 Å². The summed E-state index contributed by atoms with van der Waals surface area (Å²) in [5.41, 5.74) is 0. The maximum absolute atomic E-state index is 12.8. The summed E-state index contributed by atoms with van der Waals surface area (Å²) in [6, 6.07) is 0. The van der Waals surface area contributed by atoms with Gasteiger partial charge in [-0.2, -0.15) is 0 Å². The number of allylic oxidation sites excluding steroid dienone is 10. The molecule has 0 aliphatic carbocycles. The standard InChI is InChI=1S/C60H106O6/c1-4-7-10-13-16-19-22-25-28-30-32-35-38-41-44-47-50-53-59(62)65-56-57(55-64-58(61)52-49-46-43-40-37-34-27-24-21-18-15-12-9-6-3)66-60(63)54-51-48-45-42-39-36-33-31-29-26-23-20-17-14-11-8-5-2/h15-16,18-19,24-29,57H,4-14,17,20-23,30-56H2,1-3H3/b18-15+,19-16+,27-24+,28-25+,29-26+/t57-/m1/s1. The highest BCUT2D eigenvalue weighted by Gasteiger charge is 2.19. The van der Waals surface area contributed by atoms with E-state index >= 15 is 0 Å². The minimum absolute atomic E-state index is 0.0840. The second-order valence-corrected chi connectivity index (χ2v) is 18.8. The molecule has 0 aromatic heterocycles. The Morgan fingerprint density at radius 3 is 0.924 bits per heavy atom. The zero-order valence-corrected chi connectivity index (χ0v) is 43.7. The SMILES string of the molecule is CCCC/C=C/C/C=C/CCCCCCCC(=O)OC[C@H](COC(=O)CCCCCCCCC/C=C/C/C=C/CCCCC)OC(=O)CCCCCCCCC/C=C/CCCCCCCC. The predicted octanol–water partition coefficient (Wildman–Crippen LogP) is 18.8. The second kappa shape index (κ2) is 54.7. The van der Waals surface area contributed by atoms with E-state index in [2.05, 4.69) is 81.5 Å². The van der Waals surface area contributed by atoms with Crippen LogP contribution in [0.2, 0.25) is 0 Å². The van der Waals surface area contributed by atoms with Crippen LogP contribution in [0.3, 0.4) is 0 Å². The molecule has 0 radical (unpaired) electrons. The summed E-state index contributed by atoms with van der Waals surface area (Å²) in [6.07, 6.45) is 67.7. The first kappa shape index (κ1) is 63.1. The topological polar surface area (TPSA) is 78.9 Å². The highest BCUT2D eigenvalue weighted by molar-refractivity contribution is 5.71. The van der Waals surface area contributed by atoms with Crippen molar-refractivity contribution in [3.05, 3.63) is 60.8 Å². The Morgan fingerprint density at radius 1 is 0.303 bits per heavy atom. The zero-order chi connectivity index (χ0) is 47.9. The molecule has 0 heterocycles. The fourth-order valence-electron chi connectivity index (χ4n) is 7.90. The van der Waals surface area contributed by atoms with Crippen LogP contribution in [0.1, 0.15) is 284 Å². The monoisotopic (exact) mass is 923 g/mol. The Bertz CT molecular complexity index is 1200. The molecule has 0 spiro atoms. The van der Waals surface area contributed by atoms with Crippen LogP contribution in [-0.4, -0.2) is 37.2 Å². The maximum Gasteiger partial charge on any atom is 0.306 e. The highest BCUT2D eigenvalue weighted by Crippen LogP contribution is 2.15. The van der Waals surface area contributed by atoms with Crippen molar-refractivity contribution < 1.29 is 28.6 Å². The summed E-state index contributed by atoms with van der Waals surface area (Å²) < 4.78 is 16.8. The van der Waals surface area contributed by atoms with Crippen molar-refractivity contribution in [2.75, 3.05) is 13.2 Å². The smallest absolute Gasteiger partial charge is 0.306 e. The van der Waals surface area contributed by atoms with Gasteiger partial charge in [0.25, 0.3) is 0 Å². The fourth-order valence-corrected chi connectivity index (χ4v) is 7.90. The summed E-state index contributed by atoms with van der Waals surface area (Å²) in [4.78, 5) is 38.1. The molecule has 0 aromatic rings. The third-order valence-corrected chi connectivity index (χ3v) is 12.2. The van der Waals surface area contributed by atoms with Gasteiger partial charge in [0.15, 0.2) is 6.10 Å². The minimum Gasteiger partial charge on any atom is -0.462 e. The number of ether oxygens (including phenoxy) is 3. The Hall–Kier alpha value is -2.89. The average Bonchev–Trinajstić information content (AvgIpc) is 3.31.